The number of halogens is 3. The number of nitrogens with two attached hydrogens (primary N) is 1. The summed E-state index contributed by atoms with van der Waals surface area (Å²) in [6.07, 6.45) is 1.43. The predicted molar refractivity (Wildman–Crippen MR) is 63.8 cm³/mol. The molecule has 0 unspecified atom stereocenters. The molecule has 0 fully saturated rings. The van der Waals surface area contributed by atoms with Gasteiger partial charge in [-0.15, -0.1) is 0 Å². The van der Waals surface area contributed by atoms with Crippen molar-refractivity contribution in [3.8, 4) is 0 Å². The monoisotopic (exact) mass is 300 g/mol. The van der Waals surface area contributed by atoms with E-state index in [0.717, 1.165) is 6.07 Å². The zero-order valence-electron chi connectivity index (χ0n) is 8.42. The Morgan fingerprint density at radius 2 is 2.00 bits per heavy atom. The zero-order valence-corrected chi connectivity index (χ0v) is 10.0. The molecule has 7 heteroatoms. The highest BCUT2D eigenvalue weighted by atomic mass is 79.9. The highest BCUT2D eigenvalue weighted by Crippen LogP contribution is 2.25. The Balaban J connectivity index is 2.33. The molecular formula is C10H7BrF2N4. The van der Waals surface area contributed by atoms with Gasteiger partial charge in [-0.25, -0.2) is 13.8 Å². The summed E-state index contributed by atoms with van der Waals surface area (Å²) < 4.78 is 26.6. The van der Waals surface area contributed by atoms with Gasteiger partial charge in [-0.05, 0) is 28.1 Å². The van der Waals surface area contributed by atoms with E-state index < -0.39 is 11.6 Å². The van der Waals surface area contributed by atoms with E-state index in [-0.39, 0.29) is 16.1 Å². The van der Waals surface area contributed by atoms with Crippen LogP contribution in [0.2, 0.25) is 0 Å². The fraction of sp³-hybridized carbons (Fsp3) is 0. The largest absolute Gasteiger partial charge is 0.368 e. The maximum atomic E-state index is 13.4. The van der Waals surface area contributed by atoms with Crippen LogP contribution in [0.4, 0.5) is 26.2 Å². The Hall–Kier alpha value is -1.76. The van der Waals surface area contributed by atoms with Gasteiger partial charge in [-0.2, -0.15) is 4.98 Å². The van der Waals surface area contributed by atoms with E-state index in [2.05, 4.69) is 31.2 Å². The maximum absolute atomic E-state index is 13.4. The van der Waals surface area contributed by atoms with Gasteiger partial charge in [0.2, 0.25) is 5.95 Å². The Bertz CT molecular complexity index is 562. The molecule has 0 aliphatic heterocycles. The second-order valence-electron chi connectivity index (χ2n) is 3.17. The number of nitrogens with one attached hydrogen (secondary N) is 1. The van der Waals surface area contributed by atoms with E-state index in [1.165, 1.54) is 18.3 Å². The normalized spacial score (nSPS) is 10.3. The molecule has 4 nitrogen and oxygen atoms in total. The molecule has 0 aliphatic carbocycles. The molecule has 1 aromatic heterocycles. The molecule has 88 valence electrons. The summed E-state index contributed by atoms with van der Waals surface area (Å²) >= 11 is 2.97. The lowest BCUT2D eigenvalue weighted by Crippen LogP contribution is -2.01. The van der Waals surface area contributed by atoms with Gasteiger partial charge in [0.05, 0.1) is 10.2 Å². The molecule has 0 radical (unpaired) electrons. The Morgan fingerprint density at radius 3 is 2.71 bits per heavy atom. The summed E-state index contributed by atoms with van der Waals surface area (Å²) in [6, 6.07) is 3.58. The number of rotatable bonds is 2. The van der Waals surface area contributed by atoms with Crippen LogP contribution in [-0.4, -0.2) is 9.97 Å². The van der Waals surface area contributed by atoms with Crippen LogP contribution in [0.15, 0.2) is 28.9 Å². The lowest BCUT2D eigenvalue weighted by molar-refractivity contribution is 0.581. The van der Waals surface area contributed by atoms with Gasteiger partial charge in [0.15, 0.2) is 0 Å². The van der Waals surface area contributed by atoms with Crippen LogP contribution in [0.25, 0.3) is 0 Å². The standard InChI is InChI=1S/C10H7BrF2N4/c11-5-3-8(7(13)4-6(5)12)16-9-1-2-15-10(14)17-9/h1-4H,(H3,14,15,16,17). The first-order chi connectivity index (χ1) is 8.06. The molecule has 1 heterocycles. The molecular weight excluding hydrogens is 294 g/mol. The topological polar surface area (TPSA) is 63.8 Å². The van der Waals surface area contributed by atoms with Crippen molar-refractivity contribution in [1.29, 1.82) is 0 Å². The zero-order chi connectivity index (χ0) is 12.4. The highest BCUT2D eigenvalue weighted by Gasteiger charge is 2.08. The predicted octanol–water partition coefficient (Wildman–Crippen LogP) is 2.84. The number of hydrogen-bond donors (Lipinski definition) is 2. The fourth-order valence-corrected chi connectivity index (χ4v) is 1.54. The summed E-state index contributed by atoms with van der Waals surface area (Å²) in [7, 11) is 0. The van der Waals surface area contributed by atoms with Crippen molar-refractivity contribution in [1.82, 2.24) is 9.97 Å². The minimum Gasteiger partial charge on any atom is -0.368 e. The first-order valence-electron chi connectivity index (χ1n) is 4.56. The smallest absolute Gasteiger partial charge is 0.221 e. The molecule has 0 aliphatic rings. The lowest BCUT2D eigenvalue weighted by Gasteiger charge is -2.07. The number of nitrogen functional groups attached to an aromatic ring is 1. The van der Waals surface area contributed by atoms with Crippen molar-refractivity contribution in [2.24, 2.45) is 0 Å². The van der Waals surface area contributed by atoms with Crippen molar-refractivity contribution >= 4 is 33.4 Å². The summed E-state index contributed by atoms with van der Waals surface area (Å²) in [5, 5.41) is 2.68. The summed E-state index contributed by atoms with van der Waals surface area (Å²) in [5.74, 6) is -0.996. The van der Waals surface area contributed by atoms with Gasteiger partial charge in [0, 0.05) is 12.3 Å². The van der Waals surface area contributed by atoms with E-state index in [0.29, 0.717) is 5.82 Å². The maximum Gasteiger partial charge on any atom is 0.221 e. The molecule has 2 aromatic rings. The molecule has 2 rings (SSSR count). The molecule has 17 heavy (non-hydrogen) atoms. The molecule has 0 spiro atoms. The van der Waals surface area contributed by atoms with Gasteiger partial charge in [0.25, 0.3) is 0 Å². The molecule has 0 bridgehead atoms. The van der Waals surface area contributed by atoms with Crippen LogP contribution in [0.1, 0.15) is 0 Å². The van der Waals surface area contributed by atoms with Crippen molar-refractivity contribution in [3.05, 3.63) is 40.5 Å². The van der Waals surface area contributed by atoms with Crippen molar-refractivity contribution in [3.63, 3.8) is 0 Å². The van der Waals surface area contributed by atoms with E-state index in [4.69, 9.17) is 5.73 Å². The molecule has 0 amide bonds. The average Bonchev–Trinajstić information content (AvgIpc) is 2.26. The minimum absolute atomic E-state index is 0.0663. The van der Waals surface area contributed by atoms with E-state index in [1.807, 2.05) is 0 Å². The SMILES string of the molecule is Nc1nccc(Nc2cc(Br)c(F)cc2F)n1. The Kier molecular flexibility index (Phi) is 3.19. The second kappa shape index (κ2) is 4.62. The minimum atomic E-state index is -0.720. The fourth-order valence-electron chi connectivity index (χ4n) is 1.20. The van der Waals surface area contributed by atoms with Crippen LogP contribution in [-0.2, 0) is 0 Å². The summed E-state index contributed by atoms with van der Waals surface area (Å²) in [5.41, 5.74) is 5.47. The van der Waals surface area contributed by atoms with Gasteiger partial charge in [-0.1, -0.05) is 0 Å². The number of aromatic nitrogens is 2. The van der Waals surface area contributed by atoms with Gasteiger partial charge in [-0.3, -0.25) is 0 Å². The third-order valence-corrected chi connectivity index (χ3v) is 2.55. The second-order valence-corrected chi connectivity index (χ2v) is 4.03. The van der Waals surface area contributed by atoms with Crippen molar-refractivity contribution < 1.29 is 8.78 Å². The van der Waals surface area contributed by atoms with E-state index in [9.17, 15) is 8.78 Å². The van der Waals surface area contributed by atoms with Gasteiger partial charge >= 0.3 is 0 Å². The first-order valence-corrected chi connectivity index (χ1v) is 5.35. The number of anilines is 3. The lowest BCUT2D eigenvalue weighted by atomic mass is 10.3. The number of nitrogens with zero attached hydrogens (tertiary/aromatic N) is 2. The number of benzene rings is 1. The third-order valence-electron chi connectivity index (χ3n) is 1.95. The van der Waals surface area contributed by atoms with Crippen LogP contribution in [0.5, 0.6) is 0 Å². The summed E-state index contributed by atoms with van der Waals surface area (Å²) in [6.45, 7) is 0. The number of hydrogen-bond acceptors (Lipinski definition) is 4. The van der Waals surface area contributed by atoms with Crippen LogP contribution >= 0.6 is 15.9 Å². The van der Waals surface area contributed by atoms with Crippen molar-refractivity contribution in [2.75, 3.05) is 11.1 Å². The van der Waals surface area contributed by atoms with Crippen molar-refractivity contribution in [2.45, 2.75) is 0 Å². The molecule has 1 aromatic carbocycles. The van der Waals surface area contributed by atoms with Gasteiger partial charge < -0.3 is 11.1 Å². The highest BCUT2D eigenvalue weighted by molar-refractivity contribution is 9.10. The molecule has 0 atom stereocenters. The Labute approximate surface area is 104 Å². The van der Waals surface area contributed by atoms with Gasteiger partial charge in [0.1, 0.15) is 17.5 Å². The van der Waals surface area contributed by atoms with E-state index in [1.54, 1.807) is 0 Å². The van der Waals surface area contributed by atoms with E-state index >= 15 is 0 Å². The third kappa shape index (κ3) is 2.68. The van der Waals surface area contributed by atoms with Crippen LogP contribution < -0.4 is 11.1 Å². The average molecular weight is 301 g/mol. The molecule has 0 saturated heterocycles. The first kappa shape index (κ1) is 11.7. The quantitative estimate of drug-likeness (QED) is 0.837. The molecule has 0 saturated carbocycles. The van der Waals surface area contributed by atoms with Crippen LogP contribution in [0, 0.1) is 11.6 Å². The summed E-state index contributed by atoms with van der Waals surface area (Å²) in [4.78, 5) is 7.54. The van der Waals surface area contributed by atoms with Crippen LogP contribution in [0.3, 0.4) is 0 Å². The Morgan fingerprint density at radius 1 is 1.24 bits per heavy atom. The molecule has 3 N–H and O–H groups in total.